The van der Waals surface area contributed by atoms with Crippen LogP contribution in [-0.2, 0) is 4.79 Å². The fourth-order valence-electron chi connectivity index (χ4n) is 1.04. The molecule has 1 aromatic rings. The van der Waals surface area contributed by atoms with E-state index in [9.17, 15) is 14.9 Å². The maximum Gasteiger partial charge on any atom is 0.274 e. The Labute approximate surface area is 84.2 Å². The minimum absolute atomic E-state index is 0.0934. The van der Waals surface area contributed by atoms with Crippen molar-refractivity contribution in [2.24, 2.45) is 4.99 Å². The number of carbonyl (C=O) groups excluding carboxylic acids is 1. The molecule has 0 saturated heterocycles. The fraction of sp³-hybridized carbons (Fsp3) is 0.125. The van der Waals surface area contributed by atoms with Gasteiger partial charge in [-0.3, -0.25) is 10.1 Å². The largest absolute Gasteiger partial charge is 0.274 e. The van der Waals surface area contributed by atoms with E-state index in [-0.39, 0.29) is 22.0 Å². The third-order valence-corrected chi connectivity index (χ3v) is 2.01. The minimum Gasteiger partial charge on any atom is -0.258 e. The van der Waals surface area contributed by atoms with E-state index < -0.39 is 4.92 Å². The number of nitrogens with zero attached hydrogens (tertiary/aromatic N) is 2. The molecule has 0 bridgehead atoms. The molecular weight excluding hydrogens is 208 g/mol. The molecule has 5 nitrogen and oxygen atoms in total. The van der Waals surface area contributed by atoms with E-state index in [1.54, 1.807) is 0 Å². The van der Waals surface area contributed by atoms with Crippen molar-refractivity contribution >= 4 is 29.1 Å². The van der Waals surface area contributed by atoms with E-state index >= 15 is 0 Å². The van der Waals surface area contributed by atoms with Crippen molar-refractivity contribution in [3.05, 3.63) is 32.8 Å². The Kier molecular flexibility index (Phi) is 2.96. The number of hydrogen-bond donors (Lipinski definition) is 0. The number of nitro groups is 1. The Morgan fingerprint density at radius 2 is 2.21 bits per heavy atom. The van der Waals surface area contributed by atoms with Crippen LogP contribution in [0, 0.1) is 17.0 Å². The smallest absolute Gasteiger partial charge is 0.258 e. The van der Waals surface area contributed by atoms with E-state index in [1.165, 1.54) is 25.1 Å². The Balaban J connectivity index is 3.48. The molecule has 0 amide bonds. The highest BCUT2D eigenvalue weighted by Crippen LogP contribution is 2.34. The molecule has 0 aromatic heterocycles. The third kappa shape index (κ3) is 1.79. The first-order chi connectivity index (χ1) is 6.57. The summed E-state index contributed by atoms with van der Waals surface area (Å²) in [5.41, 5.74) is 0.227. The van der Waals surface area contributed by atoms with Crippen molar-refractivity contribution in [1.82, 2.24) is 0 Å². The van der Waals surface area contributed by atoms with Gasteiger partial charge >= 0.3 is 0 Å². The van der Waals surface area contributed by atoms with Gasteiger partial charge in [-0.05, 0) is 13.0 Å². The number of halogens is 1. The highest BCUT2D eigenvalue weighted by atomic mass is 35.5. The summed E-state index contributed by atoms with van der Waals surface area (Å²) in [6, 6.07) is 2.59. The molecule has 0 aliphatic carbocycles. The summed E-state index contributed by atoms with van der Waals surface area (Å²) in [7, 11) is 0. The lowest BCUT2D eigenvalue weighted by molar-refractivity contribution is -0.385. The predicted molar refractivity (Wildman–Crippen MR) is 50.6 cm³/mol. The molecule has 0 saturated carbocycles. The van der Waals surface area contributed by atoms with E-state index in [4.69, 9.17) is 11.6 Å². The van der Waals surface area contributed by atoms with Gasteiger partial charge in [0.2, 0.25) is 6.08 Å². The second-order valence-electron chi connectivity index (χ2n) is 2.50. The van der Waals surface area contributed by atoms with E-state index in [0.717, 1.165) is 0 Å². The standard InChI is InChI=1S/C8H5ClN2O3/c1-5-7(11(13)14)3-2-6(9)8(5)10-4-12/h2-3H,1H3. The summed E-state index contributed by atoms with van der Waals surface area (Å²) in [5, 5.41) is 10.7. The molecule has 72 valence electrons. The van der Waals surface area contributed by atoms with Crippen LogP contribution in [0.5, 0.6) is 0 Å². The molecule has 14 heavy (non-hydrogen) atoms. The second-order valence-corrected chi connectivity index (χ2v) is 2.91. The van der Waals surface area contributed by atoms with Crippen molar-refractivity contribution < 1.29 is 9.72 Å². The zero-order chi connectivity index (χ0) is 10.7. The van der Waals surface area contributed by atoms with Crippen molar-refractivity contribution in [2.45, 2.75) is 6.92 Å². The Hall–Kier alpha value is -1.71. The summed E-state index contributed by atoms with van der Waals surface area (Å²) < 4.78 is 0. The molecule has 0 fully saturated rings. The molecule has 0 aliphatic rings. The summed E-state index contributed by atoms with van der Waals surface area (Å²) in [4.78, 5) is 23.3. The zero-order valence-corrected chi connectivity index (χ0v) is 7.91. The molecule has 0 spiro atoms. The first-order valence-electron chi connectivity index (χ1n) is 3.59. The monoisotopic (exact) mass is 212 g/mol. The van der Waals surface area contributed by atoms with Crippen LogP contribution in [0.25, 0.3) is 0 Å². The van der Waals surface area contributed by atoms with E-state index in [1.807, 2.05) is 0 Å². The lowest BCUT2D eigenvalue weighted by Crippen LogP contribution is -1.91. The van der Waals surface area contributed by atoms with Crippen molar-refractivity contribution in [3.8, 4) is 0 Å². The summed E-state index contributed by atoms with van der Waals surface area (Å²) in [6.45, 7) is 1.47. The van der Waals surface area contributed by atoms with Crippen molar-refractivity contribution in [3.63, 3.8) is 0 Å². The Bertz CT molecular complexity index is 438. The van der Waals surface area contributed by atoms with Crippen LogP contribution in [0.3, 0.4) is 0 Å². The van der Waals surface area contributed by atoms with Crippen LogP contribution >= 0.6 is 11.6 Å². The van der Waals surface area contributed by atoms with Crippen molar-refractivity contribution in [1.29, 1.82) is 0 Å². The first-order valence-corrected chi connectivity index (χ1v) is 3.97. The van der Waals surface area contributed by atoms with Gasteiger partial charge in [0.15, 0.2) is 0 Å². The second kappa shape index (κ2) is 4.00. The SMILES string of the molecule is Cc1c([N+](=O)[O-])ccc(Cl)c1N=C=O. The molecule has 0 unspecified atom stereocenters. The molecule has 6 heteroatoms. The Morgan fingerprint density at radius 3 is 2.71 bits per heavy atom. The predicted octanol–water partition coefficient (Wildman–Crippen LogP) is 2.52. The molecule has 0 atom stereocenters. The van der Waals surface area contributed by atoms with Crippen LogP contribution in [0.15, 0.2) is 17.1 Å². The quantitative estimate of drug-likeness (QED) is 0.327. The van der Waals surface area contributed by atoms with Crippen LogP contribution in [0.4, 0.5) is 11.4 Å². The van der Waals surface area contributed by atoms with E-state index in [0.29, 0.717) is 0 Å². The van der Waals surface area contributed by atoms with Gasteiger partial charge in [0.25, 0.3) is 5.69 Å². The fourth-order valence-corrected chi connectivity index (χ4v) is 1.28. The van der Waals surface area contributed by atoms with E-state index in [2.05, 4.69) is 4.99 Å². The summed E-state index contributed by atoms with van der Waals surface area (Å²) in [6.07, 6.45) is 1.30. The first kappa shape index (κ1) is 10.4. The molecule has 0 radical (unpaired) electrons. The number of nitro benzene ring substituents is 1. The third-order valence-electron chi connectivity index (χ3n) is 1.71. The van der Waals surface area contributed by atoms with Gasteiger partial charge in [-0.1, -0.05) is 11.6 Å². The maximum atomic E-state index is 10.5. The van der Waals surface area contributed by atoms with Gasteiger partial charge in [0.1, 0.15) is 5.69 Å². The van der Waals surface area contributed by atoms with Gasteiger partial charge in [-0.25, -0.2) is 4.79 Å². The normalized spacial score (nSPS) is 9.29. The van der Waals surface area contributed by atoms with Crippen LogP contribution in [-0.4, -0.2) is 11.0 Å². The van der Waals surface area contributed by atoms with Gasteiger partial charge in [-0.15, -0.1) is 0 Å². The van der Waals surface area contributed by atoms with Gasteiger partial charge < -0.3 is 0 Å². The lowest BCUT2D eigenvalue weighted by atomic mass is 10.1. The topological polar surface area (TPSA) is 72.6 Å². The summed E-state index contributed by atoms with van der Waals surface area (Å²) in [5.74, 6) is 0. The van der Waals surface area contributed by atoms with Gasteiger partial charge in [0.05, 0.1) is 15.5 Å². The summed E-state index contributed by atoms with van der Waals surface area (Å²) >= 11 is 5.69. The van der Waals surface area contributed by atoms with Gasteiger partial charge in [-0.2, -0.15) is 4.99 Å². The average Bonchev–Trinajstić information content (AvgIpc) is 2.11. The maximum absolute atomic E-state index is 10.5. The van der Waals surface area contributed by atoms with Crippen LogP contribution in [0.2, 0.25) is 5.02 Å². The molecule has 0 aliphatic heterocycles. The molecule has 0 heterocycles. The highest BCUT2D eigenvalue weighted by molar-refractivity contribution is 6.33. The molecular formula is C8H5ClN2O3. The number of hydrogen-bond acceptors (Lipinski definition) is 4. The highest BCUT2D eigenvalue weighted by Gasteiger charge is 2.15. The molecule has 1 rings (SSSR count). The molecule has 0 N–H and O–H groups in total. The Morgan fingerprint density at radius 1 is 1.57 bits per heavy atom. The lowest BCUT2D eigenvalue weighted by Gasteiger charge is -2.01. The number of isocyanates is 1. The number of aliphatic imine (C=N–C) groups is 1. The number of rotatable bonds is 2. The average molecular weight is 213 g/mol. The molecule has 1 aromatic carbocycles. The van der Waals surface area contributed by atoms with Crippen molar-refractivity contribution in [2.75, 3.05) is 0 Å². The van der Waals surface area contributed by atoms with Crippen LogP contribution < -0.4 is 0 Å². The van der Waals surface area contributed by atoms with Crippen LogP contribution in [0.1, 0.15) is 5.56 Å². The van der Waals surface area contributed by atoms with Gasteiger partial charge in [0, 0.05) is 6.07 Å². The zero-order valence-electron chi connectivity index (χ0n) is 7.15. The minimum atomic E-state index is -0.560. The number of benzene rings is 1.